The summed E-state index contributed by atoms with van der Waals surface area (Å²) in [7, 11) is 1.89. The molecule has 2 N–H and O–H groups in total. The number of nitrogens with zero attached hydrogens (tertiary/aromatic N) is 3. The minimum Gasteiger partial charge on any atom is -0.396 e. The zero-order valence-electron chi connectivity index (χ0n) is 12.8. The first-order chi connectivity index (χ1) is 10.1. The largest absolute Gasteiger partial charge is 0.396 e. The molecule has 0 fully saturated rings. The van der Waals surface area contributed by atoms with Gasteiger partial charge in [0, 0.05) is 25.5 Å². The van der Waals surface area contributed by atoms with E-state index in [1.54, 1.807) is 6.20 Å². The average Bonchev–Trinajstić information content (AvgIpc) is 2.48. The molecule has 5 nitrogen and oxygen atoms in total. The third kappa shape index (κ3) is 3.07. The molecule has 5 heteroatoms. The molecule has 21 heavy (non-hydrogen) atoms. The van der Waals surface area contributed by atoms with Crippen LogP contribution in [-0.2, 0) is 4.79 Å². The zero-order chi connectivity index (χ0) is 15.4. The van der Waals surface area contributed by atoms with E-state index in [1.165, 1.54) is 0 Å². The molecule has 0 spiro atoms. The molecule has 0 aliphatic rings. The molecule has 0 radical (unpaired) electrons. The quantitative estimate of drug-likeness (QED) is 0.914. The molecular formula is C16H22N4O. The first kappa shape index (κ1) is 15.1. The highest BCUT2D eigenvalue weighted by atomic mass is 16.2. The number of amides is 1. The fourth-order valence-electron chi connectivity index (χ4n) is 2.53. The lowest BCUT2D eigenvalue weighted by molar-refractivity contribution is -0.129. The first-order valence-corrected chi connectivity index (χ1v) is 7.20. The highest BCUT2D eigenvalue weighted by Gasteiger charge is 2.16. The van der Waals surface area contributed by atoms with Gasteiger partial charge in [0.1, 0.15) is 0 Å². The summed E-state index contributed by atoms with van der Waals surface area (Å²) < 4.78 is 0. The standard InChI is InChI=1S/C16H22N4O/c1-4-20(5-2)15(21)11-19(3)16-12-8-6-7-9-14(12)18-10-13(16)17/h6-10H,4-5,11,17H2,1-3H3. The summed E-state index contributed by atoms with van der Waals surface area (Å²) in [4.78, 5) is 20.3. The Bertz CT molecular complexity index is 637. The molecular weight excluding hydrogens is 264 g/mol. The predicted octanol–water partition coefficient (Wildman–Crippen LogP) is 2.12. The molecule has 112 valence electrons. The normalized spacial score (nSPS) is 10.6. The molecule has 0 atom stereocenters. The van der Waals surface area contributed by atoms with E-state index >= 15 is 0 Å². The summed E-state index contributed by atoms with van der Waals surface area (Å²) in [6.45, 7) is 5.71. The van der Waals surface area contributed by atoms with Gasteiger partial charge in [-0.05, 0) is 19.9 Å². The van der Waals surface area contributed by atoms with E-state index in [9.17, 15) is 4.79 Å². The number of anilines is 2. The Kier molecular flexibility index (Phi) is 4.62. The van der Waals surface area contributed by atoms with Gasteiger partial charge in [-0.25, -0.2) is 0 Å². The van der Waals surface area contributed by atoms with Crippen molar-refractivity contribution in [1.82, 2.24) is 9.88 Å². The molecule has 0 aliphatic heterocycles. The van der Waals surface area contributed by atoms with Gasteiger partial charge < -0.3 is 15.5 Å². The van der Waals surface area contributed by atoms with E-state index in [0.29, 0.717) is 12.2 Å². The number of hydrogen-bond donors (Lipinski definition) is 1. The number of nitrogens with two attached hydrogens (primary N) is 1. The van der Waals surface area contributed by atoms with Gasteiger partial charge in [0.05, 0.1) is 29.6 Å². The van der Waals surface area contributed by atoms with Gasteiger partial charge in [-0.2, -0.15) is 0 Å². The maximum absolute atomic E-state index is 12.3. The Hall–Kier alpha value is -2.30. The van der Waals surface area contributed by atoms with Crippen LogP contribution in [-0.4, -0.2) is 42.5 Å². The third-order valence-corrected chi connectivity index (χ3v) is 3.65. The number of carbonyl (C=O) groups excluding carboxylic acids is 1. The molecule has 0 bridgehead atoms. The number of likely N-dealkylation sites (N-methyl/N-ethyl adjacent to an activating group) is 2. The second-order valence-electron chi connectivity index (χ2n) is 5.00. The number of carbonyl (C=O) groups is 1. The summed E-state index contributed by atoms with van der Waals surface area (Å²) in [5.74, 6) is 0.0998. The van der Waals surface area contributed by atoms with Gasteiger partial charge >= 0.3 is 0 Å². The maximum atomic E-state index is 12.3. The molecule has 2 rings (SSSR count). The van der Waals surface area contributed by atoms with Crippen LogP contribution in [0.15, 0.2) is 30.5 Å². The van der Waals surface area contributed by atoms with Crippen LogP contribution in [0.1, 0.15) is 13.8 Å². The zero-order valence-corrected chi connectivity index (χ0v) is 12.8. The van der Waals surface area contributed by atoms with Crippen LogP contribution in [0, 0.1) is 0 Å². The van der Waals surface area contributed by atoms with E-state index in [-0.39, 0.29) is 5.91 Å². The van der Waals surface area contributed by atoms with Crippen LogP contribution in [0.3, 0.4) is 0 Å². The van der Waals surface area contributed by atoms with Gasteiger partial charge in [-0.3, -0.25) is 9.78 Å². The van der Waals surface area contributed by atoms with Crippen molar-refractivity contribution >= 4 is 28.2 Å². The van der Waals surface area contributed by atoms with Gasteiger partial charge in [0.2, 0.25) is 5.91 Å². The topological polar surface area (TPSA) is 62.5 Å². The molecule has 1 aromatic carbocycles. The number of pyridine rings is 1. The smallest absolute Gasteiger partial charge is 0.242 e. The molecule has 0 saturated carbocycles. The molecule has 1 heterocycles. The fraction of sp³-hybridized carbons (Fsp3) is 0.375. The summed E-state index contributed by atoms with van der Waals surface area (Å²) >= 11 is 0. The van der Waals surface area contributed by atoms with E-state index in [0.717, 1.165) is 29.7 Å². The maximum Gasteiger partial charge on any atom is 0.242 e. The number of aromatic nitrogens is 1. The Balaban J connectivity index is 2.33. The number of rotatable bonds is 5. The minimum atomic E-state index is 0.0998. The molecule has 1 aromatic heterocycles. The van der Waals surface area contributed by atoms with Crippen molar-refractivity contribution in [3.8, 4) is 0 Å². The summed E-state index contributed by atoms with van der Waals surface area (Å²) in [5.41, 5.74) is 8.40. The number of fused-ring (bicyclic) bond motifs is 1. The van der Waals surface area contributed by atoms with Crippen molar-refractivity contribution in [2.45, 2.75) is 13.8 Å². The van der Waals surface area contributed by atoms with Crippen molar-refractivity contribution < 1.29 is 4.79 Å². The highest BCUT2D eigenvalue weighted by molar-refractivity contribution is 5.98. The Morgan fingerprint density at radius 3 is 2.57 bits per heavy atom. The number of nitrogen functional groups attached to an aromatic ring is 1. The monoisotopic (exact) mass is 286 g/mol. The second-order valence-corrected chi connectivity index (χ2v) is 5.00. The minimum absolute atomic E-state index is 0.0998. The van der Waals surface area contributed by atoms with Crippen LogP contribution >= 0.6 is 0 Å². The van der Waals surface area contributed by atoms with Crippen LogP contribution in [0.5, 0.6) is 0 Å². The van der Waals surface area contributed by atoms with Crippen molar-refractivity contribution in [2.24, 2.45) is 0 Å². The van der Waals surface area contributed by atoms with Crippen molar-refractivity contribution in [3.05, 3.63) is 30.5 Å². The first-order valence-electron chi connectivity index (χ1n) is 7.20. The van der Waals surface area contributed by atoms with E-state index in [2.05, 4.69) is 4.98 Å². The fourth-order valence-corrected chi connectivity index (χ4v) is 2.53. The number of hydrogen-bond acceptors (Lipinski definition) is 4. The van der Waals surface area contributed by atoms with Gasteiger partial charge in [0.15, 0.2) is 0 Å². The summed E-state index contributed by atoms with van der Waals surface area (Å²) in [6.07, 6.45) is 1.65. The number of para-hydroxylation sites is 1. The van der Waals surface area contributed by atoms with Gasteiger partial charge in [-0.1, -0.05) is 18.2 Å². The van der Waals surface area contributed by atoms with Crippen LogP contribution in [0.4, 0.5) is 11.4 Å². The molecule has 2 aromatic rings. The van der Waals surface area contributed by atoms with Crippen molar-refractivity contribution in [3.63, 3.8) is 0 Å². The predicted molar refractivity (Wildman–Crippen MR) is 87.4 cm³/mol. The Morgan fingerprint density at radius 1 is 1.24 bits per heavy atom. The summed E-state index contributed by atoms with van der Waals surface area (Å²) in [6, 6.07) is 7.81. The van der Waals surface area contributed by atoms with Gasteiger partial charge in [-0.15, -0.1) is 0 Å². The summed E-state index contributed by atoms with van der Waals surface area (Å²) in [5, 5.41) is 0.965. The lowest BCUT2D eigenvalue weighted by Gasteiger charge is -2.26. The third-order valence-electron chi connectivity index (χ3n) is 3.65. The van der Waals surface area contributed by atoms with E-state index in [4.69, 9.17) is 5.73 Å². The molecule has 0 unspecified atom stereocenters. The van der Waals surface area contributed by atoms with Crippen molar-refractivity contribution in [1.29, 1.82) is 0 Å². The highest BCUT2D eigenvalue weighted by Crippen LogP contribution is 2.30. The van der Waals surface area contributed by atoms with Crippen LogP contribution < -0.4 is 10.6 Å². The van der Waals surface area contributed by atoms with Crippen molar-refractivity contribution in [2.75, 3.05) is 37.3 Å². The van der Waals surface area contributed by atoms with E-state index < -0.39 is 0 Å². The van der Waals surface area contributed by atoms with Crippen LogP contribution in [0.2, 0.25) is 0 Å². The lowest BCUT2D eigenvalue weighted by atomic mass is 10.1. The Morgan fingerprint density at radius 2 is 1.90 bits per heavy atom. The molecule has 1 amide bonds. The SMILES string of the molecule is CCN(CC)C(=O)CN(C)c1c(N)cnc2ccccc12. The van der Waals surface area contributed by atoms with Gasteiger partial charge in [0.25, 0.3) is 0 Å². The van der Waals surface area contributed by atoms with Crippen LogP contribution in [0.25, 0.3) is 10.9 Å². The number of benzene rings is 1. The van der Waals surface area contributed by atoms with E-state index in [1.807, 2.05) is 55.0 Å². The molecule has 0 aliphatic carbocycles. The average molecular weight is 286 g/mol. The second kappa shape index (κ2) is 6.43. The lowest BCUT2D eigenvalue weighted by Crippen LogP contribution is -2.39. The Labute approximate surface area is 125 Å². The molecule has 0 saturated heterocycles.